The molecule has 0 aliphatic carbocycles. The van der Waals surface area contributed by atoms with E-state index in [2.05, 4.69) is 20.8 Å². The fourth-order valence-electron chi connectivity index (χ4n) is 1.97. The Hall–Kier alpha value is -0.885. The van der Waals surface area contributed by atoms with Crippen molar-refractivity contribution in [2.45, 2.75) is 45.6 Å². The van der Waals surface area contributed by atoms with Crippen molar-refractivity contribution in [1.29, 1.82) is 0 Å². The van der Waals surface area contributed by atoms with Crippen molar-refractivity contribution in [2.24, 2.45) is 0 Å². The van der Waals surface area contributed by atoms with Gasteiger partial charge in [-0.1, -0.05) is 20.8 Å². The van der Waals surface area contributed by atoms with Crippen LogP contribution < -0.4 is 19.5 Å². The Morgan fingerprint density at radius 2 is 1.84 bits per heavy atom. The molecule has 1 aliphatic heterocycles. The van der Waals surface area contributed by atoms with Crippen LogP contribution in [0, 0.1) is 0 Å². The zero-order chi connectivity index (χ0) is 14.4. The molecular weight excluding hydrogens is 258 g/mol. The molecule has 0 fully saturated rings. The molecule has 3 nitrogen and oxygen atoms in total. The normalized spacial score (nSPS) is 18.2. The van der Waals surface area contributed by atoms with Crippen molar-refractivity contribution in [1.82, 2.24) is 0 Å². The quantitative estimate of drug-likeness (QED) is 0.614. The van der Waals surface area contributed by atoms with E-state index < -0.39 is 13.6 Å². The molecule has 0 aromatic heterocycles. The van der Waals surface area contributed by atoms with Crippen LogP contribution in [0.4, 0.5) is 0 Å². The predicted octanol–water partition coefficient (Wildman–Crippen LogP) is 3.19. The van der Waals surface area contributed by atoms with Gasteiger partial charge in [-0.05, 0) is 17.3 Å². The van der Waals surface area contributed by atoms with Gasteiger partial charge in [0.1, 0.15) is 13.3 Å². The van der Waals surface area contributed by atoms with Crippen molar-refractivity contribution in [3.63, 3.8) is 0 Å². The Balaban J connectivity index is 2.57. The Labute approximate surface area is 117 Å². The summed E-state index contributed by atoms with van der Waals surface area (Å²) in [4.78, 5) is 0. The molecule has 19 heavy (non-hydrogen) atoms. The standard InChI is InChI=1S/C14H20BO3P/c1-13(2,3)19(15)12-10(16-6)8-7-9-11(12)18-14(4,5)17-9/h7-8H,1-6H3. The Morgan fingerprint density at radius 1 is 1.21 bits per heavy atom. The molecule has 1 heterocycles. The molecule has 0 saturated carbocycles. The average Bonchev–Trinajstić information content (AvgIpc) is 2.59. The van der Waals surface area contributed by atoms with E-state index >= 15 is 0 Å². The number of fused-ring (bicyclic) bond motifs is 1. The highest BCUT2D eigenvalue weighted by Crippen LogP contribution is 2.52. The van der Waals surface area contributed by atoms with Gasteiger partial charge < -0.3 is 14.2 Å². The molecule has 0 bridgehead atoms. The third kappa shape index (κ3) is 2.69. The summed E-state index contributed by atoms with van der Waals surface area (Å²) in [5.74, 6) is 1.58. The third-order valence-corrected chi connectivity index (χ3v) is 5.30. The van der Waals surface area contributed by atoms with Gasteiger partial charge in [0.05, 0.1) is 12.4 Å². The molecule has 0 N–H and O–H groups in total. The van der Waals surface area contributed by atoms with Crippen molar-refractivity contribution in [3.8, 4) is 17.2 Å². The van der Waals surface area contributed by atoms with E-state index in [1.807, 2.05) is 26.0 Å². The first-order valence-corrected chi connectivity index (χ1v) is 7.71. The first kappa shape index (κ1) is 14.5. The summed E-state index contributed by atoms with van der Waals surface area (Å²) in [5.41, 5.74) is 0. The van der Waals surface area contributed by atoms with Gasteiger partial charge in [0.2, 0.25) is 5.79 Å². The van der Waals surface area contributed by atoms with E-state index in [1.54, 1.807) is 7.11 Å². The van der Waals surface area contributed by atoms with Gasteiger partial charge >= 0.3 is 0 Å². The second kappa shape index (κ2) is 4.59. The maximum absolute atomic E-state index is 6.46. The van der Waals surface area contributed by atoms with E-state index in [0.29, 0.717) is 0 Å². The topological polar surface area (TPSA) is 27.7 Å². The van der Waals surface area contributed by atoms with Gasteiger partial charge in [-0.2, -0.15) is 0 Å². The van der Waals surface area contributed by atoms with Crippen LogP contribution in [0.3, 0.4) is 0 Å². The first-order chi connectivity index (χ1) is 8.65. The number of benzene rings is 1. The highest BCUT2D eigenvalue weighted by atomic mass is 31.1. The largest absolute Gasteiger partial charge is 0.496 e. The van der Waals surface area contributed by atoms with E-state index in [1.165, 1.54) is 0 Å². The van der Waals surface area contributed by atoms with Gasteiger partial charge in [-0.25, -0.2) is 0 Å². The summed E-state index contributed by atoms with van der Waals surface area (Å²) >= 11 is 0. The average molecular weight is 278 g/mol. The summed E-state index contributed by atoms with van der Waals surface area (Å²) in [7, 11) is 7.19. The van der Waals surface area contributed by atoms with E-state index in [9.17, 15) is 0 Å². The molecule has 1 aromatic rings. The Bertz CT molecular complexity index is 494. The fourth-order valence-corrected chi connectivity index (χ4v) is 3.42. The fraction of sp³-hybridized carbons (Fsp3) is 0.571. The Morgan fingerprint density at radius 3 is 2.37 bits per heavy atom. The predicted molar refractivity (Wildman–Crippen MR) is 80.4 cm³/mol. The molecule has 5 heteroatoms. The van der Waals surface area contributed by atoms with Crippen molar-refractivity contribution in [3.05, 3.63) is 12.1 Å². The molecule has 1 aliphatic rings. The minimum atomic E-state index is -0.918. The SMILES string of the molecule is [B]P(c1c(OC)ccc2c1OC(C)(C)O2)C(C)(C)C. The lowest BCUT2D eigenvalue weighted by molar-refractivity contribution is -0.0427. The van der Waals surface area contributed by atoms with Gasteiger partial charge in [0, 0.05) is 13.8 Å². The van der Waals surface area contributed by atoms with E-state index in [0.717, 1.165) is 22.6 Å². The number of ether oxygens (including phenoxy) is 3. The first-order valence-electron chi connectivity index (χ1n) is 6.29. The summed E-state index contributed by atoms with van der Waals surface area (Å²) in [6, 6.07) is 3.77. The van der Waals surface area contributed by atoms with Gasteiger partial charge in [-0.15, -0.1) is 7.80 Å². The van der Waals surface area contributed by atoms with Crippen LogP contribution >= 0.6 is 7.80 Å². The zero-order valence-corrected chi connectivity index (χ0v) is 13.3. The molecule has 1 unspecified atom stereocenters. The maximum Gasteiger partial charge on any atom is 0.246 e. The smallest absolute Gasteiger partial charge is 0.246 e. The third-order valence-electron chi connectivity index (χ3n) is 2.95. The van der Waals surface area contributed by atoms with Gasteiger partial charge in [0.15, 0.2) is 11.5 Å². The lowest BCUT2D eigenvalue weighted by atomic mass is 10.2. The number of hydrogen-bond donors (Lipinski definition) is 0. The molecule has 0 amide bonds. The van der Waals surface area contributed by atoms with Crippen molar-refractivity contribution in [2.75, 3.05) is 7.11 Å². The molecule has 1 aromatic carbocycles. The summed E-state index contributed by atoms with van der Waals surface area (Å²) < 4.78 is 17.1. The van der Waals surface area contributed by atoms with Gasteiger partial charge in [0.25, 0.3) is 0 Å². The van der Waals surface area contributed by atoms with Crippen LogP contribution in [-0.4, -0.2) is 25.6 Å². The minimum absolute atomic E-state index is 0.0339. The Kier molecular flexibility index (Phi) is 3.51. The zero-order valence-electron chi connectivity index (χ0n) is 12.4. The van der Waals surface area contributed by atoms with Crippen LogP contribution in [0.1, 0.15) is 34.6 Å². The molecular formula is C14H20BO3P. The molecule has 102 valence electrons. The van der Waals surface area contributed by atoms with Crippen LogP contribution in [0.5, 0.6) is 17.2 Å². The second-order valence-electron chi connectivity index (χ2n) is 6.09. The number of rotatable bonds is 2. The lowest BCUT2D eigenvalue weighted by Gasteiger charge is -2.31. The number of methoxy groups -OCH3 is 1. The molecule has 2 radical (unpaired) electrons. The highest BCUT2D eigenvalue weighted by molar-refractivity contribution is 7.89. The van der Waals surface area contributed by atoms with Gasteiger partial charge in [-0.3, -0.25) is 0 Å². The van der Waals surface area contributed by atoms with Crippen LogP contribution in [0.15, 0.2) is 12.1 Å². The second-order valence-corrected chi connectivity index (χ2v) is 8.62. The van der Waals surface area contributed by atoms with Crippen molar-refractivity contribution < 1.29 is 14.2 Å². The molecule has 1 atom stereocenters. The maximum atomic E-state index is 6.46. The molecule has 0 saturated heterocycles. The summed E-state index contributed by atoms with van der Waals surface area (Å²) in [6.07, 6.45) is 0. The summed E-state index contributed by atoms with van der Waals surface area (Å²) in [6.45, 7) is 10.1. The monoisotopic (exact) mass is 278 g/mol. The number of hydrogen-bond acceptors (Lipinski definition) is 3. The molecule has 2 rings (SSSR count). The molecule has 0 spiro atoms. The van der Waals surface area contributed by atoms with Crippen LogP contribution in [-0.2, 0) is 0 Å². The minimum Gasteiger partial charge on any atom is -0.496 e. The highest BCUT2D eigenvalue weighted by Gasteiger charge is 2.37. The summed E-state index contributed by atoms with van der Waals surface area (Å²) in [5, 5.41) is 0.904. The van der Waals surface area contributed by atoms with Crippen LogP contribution in [0.25, 0.3) is 0 Å². The lowest BCUT2D eigenvalue weighted by Crippen LogP contribution is -2.31. The van der Waals surface area contributed by atoms with E-state index in [4.69, 9.17) is 21.8 Å². The van der Waals surface area contributed by atoms with Crippen LogP contribution in [0.2, 0.25) is 0 Å². The van der Waals surface area contributed by atoms with Crippen molar-refractivity contribution >= 4 is 20.7 Å². The van der Waals surface area contributed by atoms with E-state index in [-0.39, 0.29) is 5.16 Å².